The Hall–Kier alpha value is -2.42. The Morgan fingerprint density at radius 2 is 1.67 bits per heavy atom. The van der Waals surface area contributed by atoms with E-state index in [1.54, 1.807) is 54.6 Å². The van der Waals surface area contributed by atoms with Crippen LogP contribution in [0.4, 0.5) is 5.69 Å². The van der Waals surface area contributed by atoms with E-state index in [2.05, 4.69) is 26.7 Å². The summed E-state index contributed by atoms with van der Waals surface area (Å²) in [5.74, 6) is 0. The van der Waals surface area contributed by atoms with Crippen LogP contribution >= 0.6 is 0 Å². The molecule has 0 aliphatic carbocycles. The van der Waals surface area contributed by atoms with Gasteiger partial charge in [0.2, 0.25) is 0 Å². The number of hydrogen-bond acceptors (Lipinski definition) is 6. The van der Waals surface area contributed by atoms with Crippen LogP contribution in [0.15, 0.2) is 64.6 Å². The van der Waals surface area contributed by atoms with E-state index in [1.165, 1.54) is 0 Å². The van der Waals surface area contributed by atoms with Gasteiger partial charge in [-0.05, 0) is 31.3 Å². The van der Waals surface area contributed by atoms with Gasteiger partial charge < -0.3 is 10.1 Å². The second-order valence-electron chi connectivity index (χ2n) is 6.62. The third-order valence-corrected chi connectivity index (χ3v) is 6.01. The third-order valence-electron chi connectivity index (χ3n) is 4.61. The number of anilines is 1. The Labute approximate surface area is 160 Å². The zero-order valence-electron chi connectivity index (χ0n) is 15.2. The van der Waals surface area contributed by atoms with Crippen molar-refractivity contribution >= 4 is 21.4 Å². The standard InChI is InChI=1S/C19H24N4O3S/c1-22-11-13-23(14-12-22)15-19(20-24)16-7-9-17(10-8-16)21-27(25,26)18-5-3-2-4-6-18/h2-10,21,24H,11-15H2,1H3/b20-19+. The second-order valence-corrected chi connectivity index (χ2v) is 8.30. The van der Waals surface area contributed by atoms with Crippen molar-refractivity contribution < 1.29 is 13.6 Å². The maximum absolute atomic E-state index is 12.4. The van der Waals surface area contributed by atoms with Crippen molar-refractivity contribution in [2.45, 2.75) is 4.90 Å². The molecule has 1 heterocycles. The average Bonchev–Trinajstić information content (AvgIpc) is 2.69. The van der Waals surface area contributed by atoms with E-state index in [-0.39, 0.29) is 4.90 Å². The van der Waals surface area contributed by atoms with Gasteiger partial charge in [-0.1, -0.05) is 35.5 Å². The van der Waals surface area contributed by atoms with E-state index in [0.29, 0.717) is 17.9 Å². The number of piperazine rings is 1. The molecule has 0 aromatic heterocycles. The number of hydrogen-bond donors (Lipinski definition) is 2. The number of rotatable bonds is 6. The highest BCUT2D eigenvalue weighted by molar-refractivity contribution is 7.92. The number of nitrogens with one attached hydrogen (secondary N) is 1. The Bertz CT molecular complexity index is 875. The molecule has 0 spiro atoms. The third kappa shape index (κ3) is 5.06. The Kier molecular flexibility index (Phi) is 6.10. The smallest absolute Gasteiger partial charge is 0.261 e. The quantitative estimate of drug-likeness (QED) is 0.449. The molecule has 0 radical (unpaired) electrons. The highest BCUT2D eigenvalue weighted by atomic mass is 32.2. The normalized spacial score (nSPS) is 17.0. The van der Waals surface area contributed by atoms with Crippen LogP contribution in [-0.4, -0.2) is 68.9 Å². The Morgan fingerprint density at radius 3 is 2.26 bits per heavy atom. The largest absolute Gasteiger partial charge is 0.411 e. The minimum Gasteiger partial charge on any atom is -0.411 e. The second kappa shape index (κ2) is 8.51. The van der Waals surface area contributed by atoms with Crippen molar-refractivity contribution in [3.8, 4) is 0 Å². The van der Waals surface area contributed by atoms with Gasteiger partial charge in [-0.2, -0.15) is 0 Å². The summed E-state index contributed by atoms with van der Waals surface area (Å²) in [7, 11) is -1.53. The maximum atomic E-state index is 12.4. The van der Waals surface area contributed by atoms with Crippen molar-refractivity contribution in [2.75, 3.05) is 44.5 Å². The molecule has 0 unspecified atom stereocenters. The summed E-state index contributed by atoms with van der Waals surface area (Å²) in [4.78, 5) is 4.71. The highest BCUT2D eigenvalue weighted by Crippen LogP contribution is 2.17. The fraction of sp³-hybridized carbons (Fsp3) is 0.316. The lowest BCUT2D eigenvalue weighted by atomic mass is 10.1. The summed E-state index contributed by atoms with van der Waals surface area (Å²) in [5.41, 5.74) is 1.79. The molecule has 8 heteroatoms. The first-order chi connectivity index (χ1) is 13.0. The fourth-order valence-electron chi connectivity index (χ4n) is 2.94. The molecule has 0 amide bonds. The van der Waals surface area contributed by atoms with Crippen LogP contribution in [0.3, 0.4) is 0 Å². The summed E-state index contributed by atoms with van der Waals surface area (Å²) in [6, 6.07) is 15.1. The molecule has 0 atom stereocenters. The van der Waals surface area contributed by atoms with Gasteiger partial charge in [0.25, 0.3) is 10.0 Å². The predicted octanol–water partition coefficient (Wildman–Crippen LogP) is 1.91. The van der Waals surface area contributed by atoms with Crippen LogP contribution < -0.4 is 4.72 Å². The van der Waals surface area contributed by atoms with Crippen molar-refractivity contribution in [1.82, 2.24) is 9.80 Å². The molecular formula is C19H24N4O3S. The van der Waals surface area contributed by atoms with Gasteiger partial charge in [0.1, 0.15) is 5.71 Å². The van der Waals surface area contributed by atoms with Crippen LogP contribution in [-0.2, 0) is 10.0 Å². The van der Waals surface area contributed by atoms with Gasteiger partial charge in [-0.15, -0.1) is 0 Å². The van der Waals surface area contributed by atoms with Gasteiger partial charge >= 0.3 is 0 Å². The number of likely N-dealkylation sites (N-methyl/N-ethyl adjacent to an activating group) is 1. The van der Waals surface area contributed by atoms with Crippen LogP contribution in [0.2, 0.25) is 0 Å². The lowest BCUT2D eigenvalue weighted by Gasteiger charge is -2.32. The lowest BCUT2D eigenvalue weighted by Crippen LogP contribution is -2.46. The number of sulfonamides is 1. The molecule has 1 saturated heterocycles. The molecule has 3 rings (SSSR count). The molecule has 1 aliphatic heterocycles. The topological polar surface area (TPSA) is 85.2 Å². The van der Waals surface area contributed by atoms with E-state index >= 15 is 0 Å². The summed E-state index contributed by atoms with van der Waals surface area (Å²) in [6.07, 6.45) is 0. The Balaban J connectivity index is 1.67. The summed E-state index contributed by atoms with van der Waals surface area (Å²) in [6.45, 7) is 4.37. The van der Waals surface area contributed by atoms with E-state index in [4.69, 9.17) is 0 Å². The van der Waals surface area contributed by atoms with Crippen molar-refractivity contribution in [1.29, 1.82) is 0 Å². The van der Waals surface area contributed by atoms with Gasteiger partial charge in [0.05, 0.1) is 4.90 Å². The molecule has 0 saturated carbocycles. The summed E-state index contributed by atoms with van der Waals surface area (Å²) >= 11 is 0. The molecule has 1 aliphatic rings. The van der Waals surface area contributed by atoms with Gasteiger partial charge in [0.15, 0.2) is 0 Å². The molecular weight excluding hydrogens is 364 g/mol. The van der Waals surface area contributed by atoms with E-state index in [0.717, 1.165) is 31.7 Å². The molecule has 144 valence electrons. The van der Waals surface area contributed by atoms with E-state index in [1.807, 2.05) is 0 Å². The van der Waals surface area contributed by atoms with Crippen molar-refractivity contribution in [2.24, 2.45) is 5.16 Å². The molecule has 2 N–H and O–H groups in total. The molecule has 7 nitrogen and oxygen atoms in total. The molecule has 2 aromatic carbocycles. The molecule has 0 bridgehead atoms. The highest BCUT2D eigenvalue weighted by Gasteiger charge is 2.17. The van der Waals surface area contributed by atoms with Crippen molar-refractivity contribution in [3.63, 3.8) is 0 Å². The van der Waals surface area contributed by atoms with Crippen molar-refractivity contribution in [3.05, 3.63) is 60.2 Å². The molecule has 27 heavy (non-hydrogen) atoms. The van der Waals surface area contributed by atoms with E-state index < -0.39 is 10.0 Å². The van der Waals surface area contributed by atoms with Gasteiger partial charge in [-0.3, -0.25) is 9.62 Å². The predicted molar refractivity (Wildman–Crippen MR) is 106 cm³/mol. The zero-order valence-corrected chi connectivity index (χ0v) is 16.1. The molecule has 1 fully saturated rings. The summed E-state index contributed by atoms with van der Waals surface area (Å²) in [5, 5.41) is 12.9. The summed E-state index contributed by atoms with van der Waals surface area (Å²) < 4.78 is 27.3. The number of oxime groups is 1. The zero-order chi connectivity index (χ0) is 19.3. The fourth-order valence-corrected chi connectivity index (χ4v) is 4.02. The monoisotopic (exact) mass is 388 g/mol. The van der Waals surface area contributed by atoms with Crippen LogP contribution in [0, 0.1) is 0 Å². The van der Waals surface area contributed by atoms with Crippen LogP contribution in [0.5, 0.6) is 0 Å². The van der Waals surface area contributed by atoms with E-state index in [9.17, 15) is 13.6 Å². The molecule has 2 aromatic rings. The first-order valence-corrected chi connectivity index (χ1v) is 10.3. The Morgan fingerprint density at radius 1 is 1.04 bits per heavy atom. The number of nitrogens with zero attached hydrogens (tertiary/aromatic N) is 3. The average molecular weight is 388 g/mol. The number of benzene rings is 2. The van der Waals surface area contributed by atoms with Gasteiger partial charge in [0, 0.05) is 44.0 Å². The first kappa shape index (κ1) is 19.3. The lowest BCUT2D eigenvalue weighted by molar-refractivity contribution is 0.169. The maximum Gasteiger partial charge on any atom is 0.261 e. The van der Waals surface area contributed by atoms with Crippen LogP contribution in [0.1, 0.15) is 5.56 Å². The minimum absolute atomic E-state index is 0.210. The SMILES string of the molecule is CN1CCN(C/C(=N\O)c2ccc(NS(=O)(=O)c3ccccc3)cc2)CC1. The van der Waals surface area contributed by atoms with Gasteiger partial charge in [-0.25, -0.2) is 8.42 Å². The van der Waals surface area contributed by atoms with Crippen LogP contribution in [0.25, 0.3) is 0 Å². The first-order valence-electron chi connectivity index (χ1n) is 8.78. The minimum atomic E-state index is -3.62.